The summed E-state index contributed by atoms with van der Waals surface area (Å²) in [6, 6.07) is 25.2. The normalized spacial score (nSPS) is 19.4. The third kappa shape index (κ3) is 3.36. The smallest absolute Gasteiger partial charge is 0.335 e. The first kappa shape index (κ1) is 16.5. The van der Waals surface area contributed by atoms with E-state index < -0.39 is 5.97 Å². The zero-order chi connectivity index (χ0) is 17.9. The van der Waals surface area contributed by atoms with E-state index in [1.54, 1.807) is 18.2 Å². The van der Waals surface area contributed by atoms with E-state index in [1.807, 2.05) is 36.4 Å². The van der Waals surface area contributed by atoms with Crippen molar-refractivity contribution in [3.8, 4) is 11.1 Å². The Bertz CT molecular complexity index is 910. The summed E-state index contributed by atoms with van der Waals surface area (Å²) >= 11 is 0. The molecule has 1 aliphatic rings. The maximum absolute atomic E-state index is 11.1. The van der Waals surface area contributed by atoms with Gasteiger partial charge in [-0.2, -0.15) is 5.48 Å². The lowest BCUT2D eigenvalue weighted by Crippen LogP contribution is -2.22. The van der Waals surface area contributed by atoms with Crippen molar-refractivity contribution in [3.05, 3.63) is 95.6 Å². The summed E-state index contributed by atoms with van der Waals surface area (Å²) < 4.78 is 0. The van der Waals surface area contributed by atoms with Crippen molar-refractivity contribution < 1.29 is 14.7 Å². The van der Waals surface area contributed by atoms with Gasteiger partial charge in [0.2, 0.25) is 0 Å². The number of carboxylic acids is 1. The van der Waals surface area contributed by atoms with Crippen molar-refractivity contribution in [2.24, 2.45) is 0 Å². The average Bonchev–Trinajstić information content (AvgIpc) is 3.19. The van der Waals surface area contributed by atoms with Gasteiger partial charge in [-0.3, -0.25) is 10.2 Å². The number of nitrogens with one attached hydrogen (secondary N) is 2. The van der Waals surface area contributed by atoms with Gasteiger partial charge in [-0.05, 0) is 34.4 Å². The quantitative estimate of drug-likeness (QED) is 0.669. The Morgan fingerprint density at radius 2 is 1.58 bits per heavy atom. The van der Waals surface area contributed by atoms with E-state index >= 15 is 0 Å². The molecule has 0 aliphatic carbocycles. The second kappa shape index (κ2) is 7.09. The molecule has 1 saturated heterocycles. The summed E-state index contributed by atoms with van der Waals surface area (Å²) in [5.74, 6) is -0.946. The highest BCUT2D eigenvalue weighted by molar-refractivity contribution is 5.87. The molecule has 1 aliphatic heterocycles. The maximum Gasteiger partial charge on any atom is 0.335 e. The van der Waals surface area contributed by atoms with Crippen molar-refractivity contribution in [2.45, 2.75) is 12.4 Å². The van der Waals surface area contributed by atoms with Crippen molar-refractivity contribution in [1.29, 1.82) is 0 Å². The fourth-order valence-corrected chi connectivity index (χ4v) is 3.02. The molecule has 0 amide bonds. The van der Waals surface area contributed by atoms with Gasteiger partial charge in [0, 0.05) is 0 Å². The van der Waals surface area contributed by atoms with E-state index in [9.17, 15) is 4.79 Å². The lowest BCUT2D eigenvalue weighted by Gasteiger charge is -2.12. The second-order valence-electron chi connectivity index (χ2n) is 6.13. The van der Waals surface area contributed by atoms with E-state index in [4.69, 9.17) is 9.94 Å². The Balaban J connectivity index is 1.49. The van der Waals surface area contributed by atoms with Gasteiger partial charge in [-0.15, -0.1) is 0 Å². The highest BCUT2D eigenvalue weighted by Crippen LogP contribution is 2.27. The van der Waals surface area contributed by atoms with Crippen molar-refractivity contribution in [1.82, 2.24) is 10.8 Å². The van der Waals surface area contributed by atoms with Gasteiger partial charge in [0.15, 0.2) is 6.23 Å². The van der Waals surface area contributed by atoms with Crippen LogP contribution >= 0.6 is 0 Å². The number of carbonyl (C=O) groups is 1. The molecule has 1 heterocycles. The Labute approximate surface area is 151 Å². The van der Waals surface area contributed by atoms with Crippen molar-refractivity contribution in [3.63, 3.8) is 0 Å². The lowest BCUT2D eigenvalue weighted by molar-refractivity contribution is 0.0214. The van der Waals surface area contributed by atoms with E-state index in [1.165, 1.54) is 5.56 Å². The van der Waals surface area contributed by atoms with Crippen LogP contribution in [0.4, 0.5) is 0 Å². The minimum atomic E-state index is -0.946. The van der Waals surface area contributed by atoms with E-state index in [0.29, 0.717) is 0 Å². The van der Waals surface area contributed by atoms with Crippen LogP contribution in [0.1, 0.15) is 33.9 Å². The number of rotatable bonds is 4. The molecule has 5 heteroatoms. The minimum absolute atomic E-state index is 0.252. The van der Waals surface area contributed by atoms with E-state index in [0.717, 1.165) is 16.7 Å². The van der Waals surface area contributed by atoms with Crippen molar-refractivity contribution in [2.75, 3.05) is 0 Å². The third-order valence-electron chi connectivity index (χ3n) is 4.41. The predicted molar refractivity (Wildman–Crippen MR) is 98.1 cm³/mol. The third-order valence-corrected chi connectivity index (χ3v) is 4.41. The summed E-state index contributed by atoms with van der Waals surface area (Å²) in [4.78, 5) is 16.8. The number of hydroxylamine groups is 1. The Morgan fingerprint density at radius 1 is 0.846 bits per heavy atom. The molecule has 3 aromatic carbocycles. The van der Waals surface area contributed by atoms with Crippen LogP contribution in [-0.2, 0) is 4.84 Å². The molecule has 3 aromatic rings. The van der Waals surface area contributed by atoms with Gasteiger partial charge in [0.05, 0.1) is 5.56 Å². The minimum Gasteiger partial charge on any atom is -0.478 e. The molecule has 0 aromatic heterocycles. The number of aromatic carboxylic acids is 1. The molecule has 5 nitrogen and oxygen atoms in total. The molecule has 1 fully saturated rings. The Kier molecular flexibility index (Phi) is 4.50. The number of hydrogen-bond acceptors (Lipinski definition) is 4. The van der Waals surface area contributed by atoms with Gasteiger partial charge in [0.25, 0.3) is 0 Å². The van der Waals surface area contributed by atoms with Gasteiger partial charge in [-0.1, -0.05) is 66.7 Å². The second-order valence-corrected chi connectivity index (χ2v) is 6.13. The summed E-state index contributed by atoms with van der Waals surface area (Å²) in [5, 5.41) is 12.5. The molecule has 2 unspecified atom stereocenters. The zero-order valence-electron chi connectivity index (χ0n) is 13.9. The molecule has 4 rings (SSSR count). The number of benzene rings is 3. The number of carboxylic acid groups (broad SMARTS) is 1. The highest BCUT2D eigenvalue weighted by atomic mass is 16.7. The van der Waals surface area contributed by atoms with Gasteiger partial charge in [0.1, 0.15) is 6.17 Å². The Morgan fingerprint density at radius 3 is 2.31 bits per heavy atom. The molecular formula is C21H18N2O3. The summed E-state index contributed by atoms with van der Waals surface area (Å²) in [7, 11) is 0. The van der Waals surface area contributed by atoms with E-state index in [2.05, 4.69) is 35.1 Å². The van der Waals surface area contributed by atoms with Gasteiger partial charge >= 0.3 is 5.97 Å². The van der Waals surface area contributed by atoms with Crippen molar-refractivity contribution >= 4 is 5.97 Å². The van der Waals surface area contributed by atoms with Crippen LogP contribution in [0.3, 0.4) is 0 Å². The molecule has 0 bridgehead atoms. The summed E-state index contributed by atoms with van der Waals surface area (Å²) in [6.07, 6.45) is -0.577. The zero-order valence-corrected chi connectivity index (χ0v) is 13.9. The first-order valence-corrected chi connectivity index (χ1v) is 8.36. The largest absolute Gasteiger partial charge is 0.478 e. The molecule has 130 valence electrons. The van der Waals surface area contributed by atoms with Gasteiger partial charge in [-0.25, -0.2) is 4.79 Å². The monoisotopic (exact) mass is 346 g/mol. The SMILES string of the molecule is O=C(O)c1cccc(C2NOC(c3ccc(-c4ccccc4)cc3)N2)c1. The molecule has 0 saturated carbocycles. The molecule has 3 N–H and O–H groups in total. The summed E-state index contributed by atoms with van der Waals surface area (Å²) in [6.45, 7) is 0. The average molecular weight is 346 g/mol. The molecule has 26 heavy (non-hydrogen) atoms. The molecule has 2 atom stereocenters. The fourth-order valence-electron chi connectivity index (χ4n) is 3.02. The molecular weight excluding hydrogens is 328 g/mol. The lowest BCUT2D eigenvalue weighted by atomic mass is 10.0. The Hall–Kier alpha value is -2.99. The first-order valence-electron chi connectivity index (χ1n) is 8.36. The summed E-state index contributed by atoms with van der Waals surface area (Å²) in [5.41, 5.74) is 7.30. The van der Waals surface area contributed by atoms with Gasteiger partial charge < -0.3 is 5.11 Å². The van der Waals surface area contributed by atoms with E-state index in [-0.39, 0.29) is 18.0 Å². The van der Waals surface area contributed by atoms with Crippen LogP contribution in [0.5, 0.6) is 0 Å². The van der Waals surface area contributed by atoms with Crippen LogP contribution in [0, 0.1) is 0 Å². The van der Waals surface area contributed by atoms with Crippen LogP contribution in [0.25, 0.3) is 11.1 Å². The van der Waals surface area contributed by atoms with Crippen LogP contribution in [-0.4, -0.2) is 11.1 Å². The fraction of sp³-hybridized carbons (Fsp3) is 0.0952. The number of hydrogen-bond donors (Lipinski definition) is 3. The topological polar surface area (TPSA) is 70.6 Å². The highest BCUT2D eigenvalue weighted by Gasteiger charge is 2.27. The molecule has 0 radical (unpaired) electrons. The van der Waals surface area contributed by atoms with Crippen LogP contribution in [0.2, 0.25) is 0 Å². The predicted octanol–water partition coefficient (Wildman–Crippen LogP) is 3.87. The van der Waals surface area contributed by atoms with Crippen LogP contribution < -0.4 is 10.8 Å². The van der Waals surface area contributed by atoms with Crippen LogP contribution in [0.15, 0.2) is 78.9 Å². The standard InChI is InChI=1S/C21H18N2O3/c24-21(25)18-8-4-7-17(13-18)19-22-20(26-23-19)16-11-9-15(10-12-16)14-5-2-1-3-6-14/h1-13,19-20,22-23H,(H,24,25). The first-order chi connectivity index (χ1) is 12.7. The maximum atomic E-state index is 11.1. The molecule has 0 spiro atoms.